The van der Waals surface area contributed by atoms with Crippen molar-refractivity contribution in [3.8, 4) is 5.88 Å². The van der Waals surface area contributed by atoms with E-state index in [1.807, 2.05) is 35.4 Å². The number of sulfonamides is 1. The molecule has 7 aliphatic rings. The molecule has 2 aliphatic carbocycles. The third-order valence-corrected chi connectivity index (χ3v) is 18.0. The summed E-state index contributed by atoms with van der Waals surface area (Å²) in [4.78, 5) is 41.1. The summed E-state index contributed by atoms with van der Waals surface area (Å²) in [5.41, 5.74) is 6.11. The Morgan fingerprint density at radius 3 is 2.48 bits per heavy atom. The number of nitrogens with one attached hydrogen (secondary N) is 3. The van der Waals surface area contributed by atoms with E-state index in [0.717, 1.165) is 61.8 Å². The number of H-pyrrole nitrogens is 1. The number of nitro groups is 1. The van der Waals surface area contributed by atoms with Crippen LogP contribution in [0.5, 0.6) is 5.88 Å². The van der Waals surface area contributed by atoms with Crippen molar-refractivity contribution in [3.63, 3.8) is 0 Å². The number of hydrogen-bond donors (Lipinski definition) is 3. The molecule has 5 aliphatic heterocycles. The second-order valence-electron chi connectivity index (χ2n) is 20.6. The molecule has 12 rings (SSSR count). The number of pyridine rings is 1. The van der Waals surface area contributed by atoms with Crippen molar-refractivity contribution in [2.45, 2.75) is 106 Å². The fourth-order valence-electron chi connectivity index (χ4n) is 12.5. The summed E-state index contributed by atoms with van der Waals surface area (Å²) >= 11 is 0. The van der Waals surface area contributed by atoms with Gasteiger partial charge in [0.25, 0.3) is 21.6 Å². The molecule has 1 amide bonds. The molecule has 16 nitrogen and oxygen atoms in total. The van der Waals surface area contributed by atoms with Crippen LogP contribution in [0.1, 0.15) is 104 Å². The SMILES string of the molecule is O=C(NS(=O)(=O)c1ccc(NCC2CCOCC2)c([N+](=O)[O-])c1)c1ccc(N2CCC3(CC2)CC(N2CCC[C@H]2c2ccccc2C2CCC2)C3)cc1N1c2cc3cc[nH]c3nc2O[C@@H]2COC[C@H]21. The Balaban J connectivity index is 0.811. The van der Waals surface area contributed by atoms with Crippen LogP contribution < -0.4 is 24.6 Å². The first-order valence-corrected chi connectivity index (χ1v) is 26.5. The molecule has 1 spiro atoms. The summed E-state index contributed by atoms with van der Waals surface area (Å²) in [5, 5.41) is 16.3. The van der Waals surface area contributed by atoms with Crippen molar-refractivity contribution >= 4 is 55.4 Å². The lowest BCUT2D eigenvalue weighted by atomic mass is 9.59. The van der Waals surface area contributed by atoms with Crippen molar-refractivity contribution in [3.05, 3.63) is 106 Å². The second kappa shape index (κ2) is 17.9. The van der Waals surface area contributed by atoms with Gasteiger partial charge in [-0.1, -0.05) is 30.7 Å². The van der Waals surface area contributed by atoms with Crippen LogP contribution in [0.15, 0.2) is 83.9 Å². The molecule has 362 valence electrons. The average Bonchev–Trinajstić information content (AvgIpc) is 4.13. The van der Waals surface area contributed by atoms with Crippen molar-refractivity contribution in [1.29, 1.82) is 0 Å². The molecule has 69 heavy (non-hydrogen) atoms. The minimum atomic E-state index is -4.58. The Hall–Kier alpha value is -5.75. The van der Waals surface area contributed by atoms with E-state index in [9.17, 15) is 23.3 Å². The molecule has 5 aromatic rings. The number of rotatable bonds is 12. The average molecular weight is 957 g/mol. The number of amides is 1. The Morgan fingerprint density at radius 1 is 0.884 bits per heavy atom. The van der Waals surface area contributed by atoms with E-state index in [1.165, 1.54) is 63.6 Å². The standard InChI is InChI=1S/C52H60N8O8S/c61-50(56-69(64,65)38-11-13-42(45(27-38)60(62)63)54-30-33-15-23-66-24-16-33)41-12-10-36(26-44(41)59-46-25-35-14-19-53-49(35)55-51(46)68-48-32-67-31-47(48)59)57-21-17-52(18-22-57)28-37(29-52)58-20-4-9-43(58)40-8-2-1-7-39(40)34-5-3-6-34/h1-2,7-8,10-14,19,25-27,33-34,37,43,47-48,54H,3-6,9,15-18,20-24,28-32H2,(H,53,55)(H,56,61)/t43-,47+,48+/m0/s1. The number of carbonyl (C=O) groups is 1. The van der Waals surface area contributed by atoms with Crippen molar-refractivity contribution in [2.24, 2.45) is 11.3 Å². The topological polar surface area (TPSA) is 184 Å². The lowest BCUT2D eigenvalue weighted by Crippen LogP contribution is -2.55. The first-order chi connectivity index (χ1) is 33.6. The van der Waals surface area contributed by atoms with Crippen LogP contribution in [0.2, 0.25) is 0 Å². The van der Waals surface area contributed by atoms with E-state index in [-0.39, 0.29) is 23.2 Å². The lowest BCUT2D eigenvalue weighted by molar-refractivity contribution is -0.384. The fraction of sp³-hybridized carbons (Fsp3) is 0.500. The number of piperidine rings is 1. The number of aromatic amines is 1. The van der Waals surface area contributed by atoms with E-state index >= 15 is 0 Å². The van der Waals surface area contributed by atoms with E-state index < -0.39 is 37.5 Å². The molecule has 0 unspecified atom stereocenters. The molecule has 0 bridgehead atoms. The zero-order chi connectivity index (χ0) is 46.9. The van der Waals surface area contributed by atoms with E-state index in [4.69, 9.17) is 19.2 Å². The van der Waals surface area contributed by atoms with Gasteiger partial charge in [-0.05, 0) is 142 Å². The Morgan fingerprint density at radius 2 is 1.70 bits per heavy atom. The smallest absolute Gasteiger partial charge is 0.293 e. The number of carbonyl (C=O) groups excluding carboxylic acids is 1. The van der Waals surface area contributed by atoms with Gasteiger partial charge in [0.15, 0.2) is 0 Å². The summed E-state index contributed by atoms with van der Waals surface area (Å²) in [6.07, 6.45) is 14.1. The molecule has 17 heteroatoms. The molecule has 6 fully saturated rings. The Kier molecular flexibility index (Phi) is 11.5. The monoisotopic (exact) mass is 956 g/mol. The van der Waals surface area contributed by atoms with Crippen LogP contribution >= 0.6 is 0 Å². The van der Waals surface area contributed by atoms with Crippen molar-refractivity contribution in [2.75, 3.05) is 67.7 Å². The highest BCUT2D eigenvalue weighted by Crippen LogP contribution is 2.55. The summed E-state index contributed by atoms with van der Waals surface area (Å²) in [5.74, 6) is 0.509. The maximum Gasteiger partial charge on any atom is 0.293 e. The molecule has 4 saturated heterocycles. The predicted molar refractivity (Wildman–Crippen MR) is 262 cm³/mol. The zero-order valence-electron chi connectivity index (χ0n) is 38.8. The van der Waals surface area contributed by atoms with Gasteiger partial charge in [0, 0.05) is 68.3 Å². The van der Waals surface area contributed by atoms with E-state index in [1.54, 1.807) is 17.2 Å². The molecule has 3 aromatic carbocycles. The second-order valence-corrected chi connectivity index (χ2v) is 22.3. The van der Waals surface area contributed by atoms with E-state index in [2.05, 4.69) is 49.1 Å². The van der Waals surface area contributed by atoms with Crippen LogP contribution in [-0.2, 0) is 19.5 Å². The quantitative estimate of drug-likeness (QED) is 0.0799. The number of nitrogens with zero attached hydrogens (tertiary/aromatic N) is 5. The summed E-state index contributed by atoms with van der Waals surface area (Å²) < 4.78 is 48.3. The van der Waals surface area contributed by atoms with Crippen LogP contribution in [-0.4, -0.2) is 105 Å². The van der Waals surface area contributed by atoms with Gasteiger partial charge in [-0.25, -0.2) is 13.1 Å². The first kappa shape index (κ1) is 44.5. The van der Waals surface area contributed by atoms with E-state index in [0.29, 0.717) is 73.4 Å². The van der Waals surface area contributed by atoms with Gasteiger partial charge in [-0.2, -0.15) is 4.98 Å². The highest BCUT2D eigenvalue weighted by atomic mass is 32.2. The highest BCUT2D eigenvalue weighted by Gasteiger charge is 2.50. The number of anilines is 4. The number of nitro benzene ring substituents is 1. The third-order valence-electron chi connectivity index (χ3n) is 16.6. The van der Waals surface area contributed by atoms with Crippen LogP contribution in [0.4, 0.5) is 28.4 Å². The van der Waals surface area contributed by atoms with Gasteiger partial charge in [-0.15, -0.1) is 0 Å². The summed E-state index contributed by atoms with van der Waals surface area (Å²) in [7, 11) is -4.58. The minimum Gasteiger partial charge on any atom is -0.468 e. The fourth-order valence-corrected chi connectivity index (χ4v) is 13.5. The maximum absolute atomic E-state index is 14.6. The normalized spacial score (nSPS) is 24.1. The molecule has 3 atom stereocenters. The number of aromatic nitrogens is 2. The summed E-state index contributed by atoms with van der Waals surface area (Å²) in [6.45, 7) is 5.28. The van der Waals surface area contributed by atoms with Gasteiger partial charge >= 0.3 is 0 Å². The lowest BCUT2D eigenvalue weighted by Gasteiger charge is -2.56. The Labute approximate surface area is 402 Å². The molecule has 0 radical (unpaired) electrons. The zero-order valence-corrected chi connectivity index (χ0v) is 39.6. The van der Waals surface area contributed by atoms with Gasteiger partial charge < -0.3 is 34.3 Å². The van der Waals surface area contributed by atoms with Gasteiger partial charge in [0.1, 0.15) is 23.1 Å². The molecular formula is C52H60N8O8S. The number of benzene rings is 3. The number of hydrogen-bond acceptors (Lipinski definition) is 13. The molecular weight excluding hydrogens is 897 g/mol. The molecule has 2 aromatic heterocycles. The van der Waals surface area contributed by atoms with Crippen LogP contribution in [0.25, 0.3) is 11.0 Å². The van der Waals surface area contributed by atoms with Gasteiger partial charge in [0.05, 0.1) is 40.3 Å². The van der Waals surface area contributed by atoms with Gasteiger partial charge in [-0.3, -0.25) is 19.8 Å². The maximum atomic E-state index is 14.6. The molecule has 2 saturated carbocycles. The number of fused-ring (bicyclic) bond motifs is 3. The van der Waals surface area contributed by atoms with Crippen molar-refractivity contribution < 1.29 is 32.3 Å². The number of likely N-dealkylation sites (tertiary alicyclic amines) is 1. The highest BCUT2D eigenvalue weighted by molar-refractivity contribution is 7.90. The largest absolute Gasteiger partial charge is 0.468 e. The Bertz CT molecular complexity index is 2880. The third kappa shape index (κ3) is 8.28. The minimum absolute atomic E-state index is 0.119. The van der Waals surface area contributed by atoms with Crippen molar-refractivity contribution in [1.82, 2.24) is 19.6 Å². The molecule has 3 N–H and O–H groups in total. The summed E-state index contributed by atoms with van der Waals surface area (Å²) in [6, 6.07) is 23.2. The van der Waals surface area contributed by atoms with Crippen LogP contribution in [0.3, 0.4) is 0 Å². The molecule has 7 heterocycles. The van der Waals surface area contributed by atoms with Crippen LogP contribution in [0, 0.1) is 21.4 Å². The number of ether oxygens (including phenoxy) is 3. The first-order valence-electron chi connectivity index (χ1n) is 25.0. The van der Waals surface area contributed by atoms with Gasteiger partial charge in [0.2, 0.25) is 5.88 Å². The predicted octanol–water partition coefficient (Wildman–Crippen LogP) is 8.58.